The number of halogens is 1. The lowest BCUT2D eigenvalue weighted by Gasteiger charge is -2.16. The van der Waals surface area contributed by atoms with Crippen molar-refractivity contribution < 1.29 is 9.13 Å². The summed E-state index contributed by atoms with van der Waals surface area (Å²) in [6.07, 6.45) is 1.16. The zero-order chi connectivity index (χ0) is 27.7. The van der Waals surface area contributed by atoms with Gasteiger partial charge in [-0.05, 0) is 54.2 Å². The third kappa shape index (κ3) is 4.95. The molecule has 0 radical (unpaired) electrons. The molecule has 0 saturated heterocycles. The molecule has 0 aliphatic heterocycles. The first-order valence-corrected chi connectivity index (χ1v) is 13.1. The number of benzene rings is 2. The molecule has 3 aromatic heterocycles. The smallest absolute Gasteiger partial charge is 0.350 e. The van der Waals surface area contributed by atoms with Crippen LogP contribution >= 0.6 is 0 Å². The highest BCUT2D eigenvalue weighted by atomic mass is 19.1. The van der Waals surface area contributed by atoms with E-state index < -0.39 is 11.5 Å². The lowest BCUT2D eigenvalue weighted by atomic mass is 9.95. The summed E-state index contributed by atoms with van der Waals surface area (Å²) >= 11 is 0. The summed E-state index contributed by atoms with van der Waals surface area (Å²) in [6.45, 7) is 8.62. The number of hydrogen-bond acceptors (Lipinski definition) is 4. The van der Waals surface area contributed by atoms with E-state index in [4.69, 9.17) is 4.74 Å². The predicted octanol–water partition coefficient (Wildman–Crippen LogP) is 5.62. The Balaban J connectivity index is 1.60. The first kappa shape index (κ1) is 26.3. The van der Waals surface area contributed by atoms with E-state index in [2.05, 4.69) is 5.10 Å². The first-order valence-electron chi connectivity index (χ1n) is 13.1. The van der Waals surface area contributed by atoms with Crippen LogP contribution in [-0.2, 0) is 24.5 Å². The molecule has 0 spiro atoms. The van der Waals surface area contributed by atoms with E-state index in [1.807, 2.05) is 88.4 Å². The summed E-state index contributed by atoms with van der Waals surface area (Å²) in [4.78, 5) is 26.8. The molecule has 200 valence electrons. The molecule has 5 aromatic rings. The maximum absolute atomic E-state index is 15.6. The number of ether oxygens (including phenoxy) is 1. The molecule has 3 heterocycles. The minimum Gasteiger partial charge on any atom is -0.369 e. The molecule has 0 atom stereocenters. The second-order valence-electron chi connectivity index (χ2n) is 9.88. The largest absolute Gasteiger partial charge is 0.369 e. The molecule has 0 N–H and O–H groups in total. The van der Waals surface area contributed by atoms with Crippen molar-refractivity contribution in [1.82, 2.24) is 18.7 Å². The second kappa shape index (κ2) is 10.8. The molecule has 0 aliphatic carbocycles. The normalized spacial score (nSPS) is 11.5. The monoisotopic (exact) mass is 526 g/mol. The van der Waals surface area contributed by atoms with Gasteiger partial charge in [-0.25, -0.2) is 9.18 Å². The SMILES string of the molecule is CCn1c(COCc2ccccc2)nn(-c2cc3c(C(C)C)cc(-c4ccccc4C)c(=O)n3cc2F)c1=O. The summed E-state index contributed by atoms with van der Waals surface area (Å²) in [5, 5.41) is 4.44. The van der Waals surface area contributed by atoms with Gasteiger partial charge in [0.15, 0.2) is 11.6 Å². The summed E-state index contributed by atoms with van der Waals surface area (Å²) in [5.41, 5.74) is 3.86. The Morgan fingerprint density at radius 1 is 0.949 bits per heavy atom. The molecular weight excluding hydrogens is 495 g/mol. The zero-order valence-electron chi connectivity index (χ0n) is 22.5. The van der Waals surface area contributed by atoms with Crippen molar-refractivity contribution in [1.29, 1.82) is 0 Å². The van der Waals surface area contributed by atoms with Gasteiger partial charge in [-0.15, -0.1) is 5.10 Å². The molecule has 0 amide bonds. The number of hydrogen-bond donors (Lipinski definition) is 0. The van der Waals surface area contributed by atoms with Crippen molar-refractivity contribution in [3.8, 4) is 16.8 Å². The van der Waals surface area contributed by atoms with E-state index in [-0.39, 0.29) is 23.8 Å². The topological polar surface area (TPSA) is 70.5 Å². The zero-order valence-corrected chi connectivity index (χ0v) is 22.5. The predicted molar refractivity (Wildman–Crippen MR) is 150 cm³/mol. The second-order valence-corrected chi connectivity index (χ2v) is 9.88. The fourth-order valence-corrected chi connectivity index (χ4v) is 4.87. The van der Waals surface area contributed by atoms with Gasteiger partial charge in [-0.2, -0.15) is 4.68 Å². The van der Waals surface area contributed by atoms with Crippen LogP contribution in [0.4, 0.5) is 4.39 Å². The maximum Gasteiger partial charge on any atom is 0.350 e. The van der Waals surface area contributed by atoms with Gasteiger partial charge in [0.2, 0.25) is 0 Å². The molecular formula is C31H31FN4O3. The lowest BCUT2D eigenvalue weighted by molar-refractivity contribution is 0.0989. The average Bonchev–Trinajstić information content (AvgIpc) is 3.24. The van der Waals surface area contributed by atoms with Crippen LogP contribution in [0.3, 0.4) is 0 Å². The van der Waals surface area contributed by atoms with E-state index in [1.54, 1.807) is 0 Å². The van der Waals surface area contributed by atoms with Crippen molar-refractivity contribution >= 4 is 5.52 Å². The molecule has 0 unspecified atom stereocenters. The molecule has 7 nitrogen and oxygen atoms in total. The van der Waals surface area contributed by atoms with Gasteiger partial charge in [-0.1, -0.05) is 68.4 Å². The molecule has 2 aromatic carbocycles. The van der Waals surface area contributed by atoms with E-state index in [0.29, 0.717) is 30.1 Å². The van der Waals surface area contributed by atoms with Crippen LogP contribution in [0.2, 0.25) is 0 Å². The van der Waals surface area contributed by atoms with Gasteiger partial charge in [-0.3, -0.25) is 13.8 Å². The Bertz CT molecular complexity index is 1770. The summed E-state index contributed by atoms with van der Waals surface area (Å²) < 4.78 is 25.3. The standard InChI is InChI=1S/C31H31FN4O3/c1-5-34-29(19-39-18-22-12-7-6-8-13-22)33-36(31(34)38)28-16-27-24(20(2)3)15-25(23-14-10-9-11-21(23)4)30(37)35(27)17-26(28)32/h6-17,20H,5,18-19H2,1-4H3. The van der Waals surface area contributed by atoms with Gasteiger partial charge in [0.1, 0.15) is 12.3 Å². The number of fused-ring (bicyclic) bond motifs is 1. The highest BCUT2D eigenvalue weighted by molar-refractivity contribution is 5.72. The van der Waals surface area contributed by atoms with Crippen LogP contribution in [0, 0.1) is 12.7 Å². The van der Waals surface area contributed by atoms with Crippen molar-refractivity contribution in [3.05, 3.63) is 122 Å². The van der Waals surface area contributed by atoms with Crippen LogP contribution < -0.4 is 11.2 Å². The maximum atomic E-state index is 15.6. The fourth-order valence-electron chi connectivity index (χ4n) is 4.87. The minimum absolute atomic E-state index is 0.0125. The Labute approximate surface area is 225 Å². The average molecular weight is 527 g/mol. The molecule has 5 rings (SSSR count). The van der Waals surface area contributed by atoms with E-state index >= 15 is 4.39 Å². The molecule has 0 fully saturated rings. The highest BCUT2D eigenvalue weighted by Gasteiger charge is 2.21. The Morgan fingerprint density at radius 3 is 2.36 bits per heavy atom. The van der Waals surface area contributed by atoms with Crippen LogP contribution in [0.5, 0.6) is 0 Å². The van der Waals surface area contributed by atoms with Gasteiger partial charge < -0.3 is 4.74 Å². The third-order valence-electron chi connectivity index (χ3n) is 6.95. The van der Waals surface area contributed by atoms with Gasteiger partial charge >= 0.3 is 5.69 Å². The minimum atomic E-state index is -0.721. The molecule has 0 bridgehead atoms. The number of pyridine rings is 2. The molecule has 39 heavy (non-hydrogen) atoms. The van der Waals surface area contributed by atoms with Crippen molar-refractivity contribution in [2.75, 3.05) is 0 Å². The summed E-state index contributed by atoms with van der Waals surface area (Å²) in [6, 6.07) is 20.7. The number of aromatic nitrogens is 4. The summed E-state index contributed by atoms with van der Waals surface area (Å²) in [5.74, 6) is -0.288. The van der Waals surface area contributed by atoms with Gasteiger partial charge in [0.05, 0.1) is 18.3 Å². The quantitative estimate of drug-likeness (QED) is 0.263. The van der Waals surface area contributed by atoms with E-state index in [1.165, 1.54) is 15.0 Å². The van der Waals surface area contributed by atoms with Crippen molar-refractivity contribution in [2.24, 2.45) is 0 Å². The molecule has 8 heteroatoms. The number of aryl methyl sites for hydroxylation is 1. The van der Waals surface area contributed by atoms with E-state index in [9.17, 15) is 9.59 Å². The lowest BCUT2D eigenvalue weighted by Crippen LogP contribution is -2.25. The molecule has 0 aliphatic rings. The van der Waals surface area contributed by atoms with Crippen LogP contribution in [0.15, 0.2) is 82.5 Å². The van der Waals surface area contributed by atoms with Crippen LogP contribution in [-0.4, -0.2) is 18.7 Å². The Morgan fingerprint density at radius 2 is 1.67 bits per heavy atom. The fraction of sp³-hybridized carbons (Fsp3) is 0.258. The van der Waals surface area contributed by atoms with Crippen LogP contribution in [0.1, 0.15) is 49.2 Å². The molecule has 0 saturated carbocycles. The number of rotatable bonds is 8. The Kier molecular flexibility index (Phi) is 7.30. The Hall–Kier alpha value is -4.30. The third-order valence-corrected chi connectivity index (χ3v) is 6.95. The highest BCUT2D eigenvalue weighted by Crippen LogP contribution is 2.28. The van der Waals surface area contributed by atoms with E-state index in [0.717, 1.165) is 33.1 Å². The van der Waals surface area contributed by atoms with Crippen molar-refractivity contribution in [2.45, 2.75) is 53.4 Å². The van der Waals surface area contributed by atoms with Gasteiger partial charge in [0, 0.05) is 12.1 Å². The first-order chi connectivity index (χ1) is 18.8. The van der Waals surface area contributed by atoms with Crippen molar-refractivity contribution in [3.63, 3.8) is 0 Å². The number of nitrogens with zero attached hydrogens (tertiary/aromatic N) is 4. The van der Waals surface area contributed by atoms with Gasteiger partial charge in [0.25, 0.3) is 5.56 Å². The van der Waals surface area contributed by atoms with Crippen LogP contribution in [0.25, 0.3) is 22.3 Å². The summed E-state index contributed by atoms with van der Waals surface area (Å²) in [7, 11) is 0.